The van der Waals surface area contributed by atoms with Crippen molar-refractivity contribution >= 4 is 6.03 Å². The number of piperidine rings is 1. The second-order valence-electron chi connectivity index (χ2n) is 6.32. The number of hydrogen-bond acceptors (Lipinski definition) is 3. The molecule has 2 aromatic rings. The fraction of sp³-hybridized carbons (Fsp3) is 0.444. The number of aromatic amines is 1. The fourth-order valence-electron chi connectivity index (χ4n) is 3.37. The van der Waals surface area contributed by atoms with Gasteiger partial charge in [0, 0.05) is 30.9 Å². The molecule has 1 fully saturated rings. The molecule has 134 valence electrons. The molecule has 1 aliphatic rings. The molecule has 2 N–H and O–H groups in total. The molecule has 3 rings (SSSR count). The average Bonchev–Trinajstić information content (AvgIpc) is 3.16. The number of hydrogen-bond donors (Lipinski definition) is 2. The predicted molar refractivity (Wildman–Crippen MR) is 92.0 cm³/mol. The monoisotopic (exact) mass is 346 g/mol. The maximum absolute atomic E-state index is 14.2. The topological polar surface area (TPSA) is 70.2 Å². The van der Waals surface area contributed by atoms with E-state index in [0.717, 1.165) is 18.5 Å². The minimum absolute atomic E-state index is 0.193. The number of nitrogens with one attached hydrogen (secondary N) is 2. The molecule has 6 nitrogen and oxygen atoms in total. The van der Waals surface area contributed by atoms with E-state index >= 15 is 0 Å². The maximum Gasteiger partial charge on any atom is 0.317 e. The summed E-state index contributed by atoms with van der Waals surface area (Å²) in [5.41, 5.74) is 1.40. The molecule has 0 bridgehead atoms. The molecule has 1 aromatic carbocycles. The van der Waals surface area contributed by atoms with E-state index in [-0.39, 0.29) is 17.8 Å². The number of halogens is 1. The maximum atomic E-state index is 14.2. The summed E-state index contributed by atoms with van der Waals surface area (Å²) < 4.78 is 19.4. The Kier molecular flexibility index (Phi) is 5.21. The minimum Gasteiger partial charge on any atom is -0.496 e. The standard InChI is InChI=1S/C18H23FN4O2/c1-12(17-14(19)6-3-7-16(17)25-2)21-18(24)23-10-4-5-13(11-23)15-8-9-20-22-15/h3,6-9,12-13H,4-5,10-11H2,1-2H3,(H,20,22)(H,21,24)/t12-,13-/m0/s1. The van der Waals surface area contributed by atoms with E-state index in [1.807, 2.05) is 6.07 Å². The Morgan fingerprint density at radius 1 is 1.48 bits per heavy atom. The molecule has 1 aliphatic heterocycles. The number of amides is 2. The normalized spacial score (nSPS) is 18.7. The molecule has 0 unspecified atom stereocenters. The lowest BCUT2D eigenvalue weighted by Crippen LogP contribution is -2.45. The van der Waals surface area contributed by atoms with Crippen molar-refractivity contribution in [3.8, 4) is 5.75 Å². The first-order valence-electron chi connectivity index (χ1n) is 8.47. The zero-order valence-electron chi connectivity index (χ0n) is 14.5. The van der Waals surface area contributed by atoms with Crippen LogP contribution in [-0.4, -0.2) is 41.3 Å². The summed E-state index contributed by atoms with van der Waals surface area (Å²) in [6.07, 6.45) is 3.66. The quantitative estimate of drug-likeness (QED) is 0.893. The number of benzene rings is 1. The van der Waals surface area contributed by atoms with Crippen LogP contribution in [0, 0.1) is 5.82 Å². The SMILES string of the molecule is COc1cccc(F)c1[C@H](C)NC(=O)N1CCC[C@H](c2ccn[nH]2)C1. The van der Waals surface area contributed by atoms with Gasteiger partial charge < -0.3 is 15.0 Å². The van der Waals surface area contributed by atoms with Crippen molar-refractivity contribution in [1.29, 1.82) is 0 Å². The first-order chi connectivity index (χ1) is 12.1. The van der Waals surface area contributed by atoms with Gasteiger partial charge in [-0.15, -0.1) is 0 Å². The number of urea groups is 1. The lowest BCUT2D eigenvalue weighted by molar-refractivity contribution is 0.175. The molecule has 2 heterocycles. The van der Waals surface area contributed by atoms with E-state index in [9.17, 15) is 9.18 Å². The number of likely N-dealkylation sites (tertiary alicyclic amines) is 1. The number of rotatable bonds is 4. The summed E-state index contributed by atoms with van der Waals surface area (Å²) in [6.45, 7) is 3.07. The van der Waals surface area contributed by atoms with Crippen molar-refractivity contribution in [3.63, 3.8) is 0 Å². The Morgan fingerprint density at radius 3 is 3.04 bits per heavy atom. The Balaban J connectivity index is 1.67. The highest BCUT2D eigenvalue weighted by atomic mass is 19.1. The van der Waals surface area contributed by atoms with Gasteiger partial charge in [0.1, 0.15) is 11.6 Å². The molecular weight excluding hydrogens is 323 g/mol. The lowest BCUT2D eigenvalue weighted by Gasteiger charge is -2.33. The number of methoxy groups -OCH3 is 1. The van der Waals surface area contributed by atoms with Crippen LogP contribution >= 0.6 is 0 Å². The number of nitrogens with zero attached hydrogens (tertiary/aromatic N) is 2. The molecule has 0 spiro atoms. The second-order valence-corrected chi connectivity index (χ2v) is 6.32. The van der Waals surface area contributed by atoms with Gasteiger partial charge in [-0.05, 0) is 38.0 Å². The first-order valence-corrected chi connectivity index (χ1v) is 8.47. The van der Waals surface area contributed by atoms with Gasteiger partial charge in [-0.3, -0.25) is 5.10 Å². The van der Waals surface area contributed by atoms with Gasteiger partial charge in [0.05, 0.1) is 18.7 Å². The van der Waals surface area contributed by atoms with Gasteiger partial charge in [-0.25, -0.2) is 9.18 Å². The van der Waals surface area contributed by atoms with Crippen LogP contribution in [0.1, 0.15) is 43.0 Å². The van der Waals surface area contributed by atoms with Crippen molar-refractivity contribution in [3.05, 3.63) is 47.5 Å². The number of aromatic nitrogens is 2. The number of carbonyl (C=O) groups is 1. The van der Waals surface area contributed by atoms with E-state index in [0.29, 0.717) is 24.4 Å². The zero-order valence-corrected chi connectivity index (χ0v) is 14.5. The van der Waals surface area contributed by atoms with Crippen LogP contribution in [0.5, 0.6) is 5.75 Å². The number of ether oxygens (including phenoxy) is 1. The molecule has 0 radical (unpaired) electrons. The van der Waals surface area contributed by atoms with Crippen LogP contribution in [0.2, 0.25) is 0 Å². The van der Waals surface area contributed by atoms with Crippen LogP contribution in [0.4, 0.5) is 9.18 Å². The van der Waals surface area contributed by atoms with E-state index in [1.54, 1.807) is 30.2 Å². The molecule has 2 amide bonds. The van der Waals surface area contributed by atoms with Crippen LogP contribution in [0.25, 0.3) is 0 Å². The summed E-state index contributed by atoms with van der Waals surface area (Å²) in [5.74, 6) is 0.295. The van der Waals surface area contributed by atoms with E-state index in [1.165, 1.54) is 13.2 Å². The molecule has 0 saturated carbocycles. The summed E-state index contributed by atoms with van der Waals surface area (Å²) in [6, 6.07) is 5.91. The third kappa shape index (κ3) is 3.75. The average molecular weight is 346 g/mol. The summed E-state index contributed by atoms with van der Waals surface area (Å²) in [4.78, 5) is 14.4. The lowest BCUT2D eigenvalue weighted by atomic mass is 9.95. The van der Waals surface area contributed by atoms with Gasteiger partial charge >= 0.3 is 6.03 Å². The smallest absolute Gasteiger partial charge is 0.317 e. The highest BCUT2D eigenvalue weighted by Crippen LogP contribution is 2.29. The summed E-state index contributed by atoms with van der Waals surface area (Å²) >= 11 is 0. The van der Waals surface area contributed by atoms with Crippen LogP contribution in [0.3, 0.4) is 0 Å². The van der Waals surface area contributed by atoms with Crippen molar-refractivity contribution in [2.45, 2.75) is 31.7 Å². The van der Waals surface area contributed by atoms with Gasteiger partial charge in [0.15, 0.2) is 0 Å². The first kappa shape index (κ1) is 17.3. The predicted octanol–water partition coefficient (Wildman–Crippen LogP) is 3.21. The molecule has 25 heavy (non-hydrogen) atoms. The summed E-state index contributed by atoms with van der Waals surface area (Å²) in [7, 11) is 1.49. The third-order valence-corrected chi connectivity index (χ3v) is 4.68. The highest BCUT2D eigenvalue weighted by molar-refractivity contribution is 5.75. The van der Waals surface area contributed by atoms with Crippen LogP contribution in [0.15, 0.2) is 30.5 Å². The summed E-state index contributed by atoms with van der Waals surface area (Å²) in [5, 5.41) is 9.85. The van der Waals surface area contributed by atoms with E-state index < -0.39 is 6.04 Å². The van der Waals surface area contributed by atoms with Gasteiger partial charge in [-0.2, -0.15) is 5.10 Å². The molecule has 1 aromatic heterocycles. The number of H-pyrrole nitrogens is 1. The van der Waals surface area contributed by atoms with Crippen LogP contribution in [-0.2, 0) is 0 Å². The molecular formula is C18H23FN4O2. The molecule has 7 heteroatoms. The highest BCUT2D eigenvalue weighted by Gasteiger charge is 2.27. The van der Waals surface area contributed by atoms with Crippen molar-refractivity contribution in [2.24, 2.45) is 0 Å². The largest absolute Gasteiger partial charge is 0.496 e. The van der Waals surface area contributed by atoms with Gasteiger partial charge in [0.2, 0.25) is 0 Å². The third-order valence-electron chi connectivity index (χ3n) is 4.68. The van der Waals surface area contributed by atoms with Crippen LogP contribution < -0.4 is 10.1 Å². The molecule has 1 saturated heterocycles. The van der Waals surface area contributed by atoms with E-state index in [4.69, 9.17) is 4.74 Å². The van der Waals surface area contributed by atoms with E-state index in [2.05, 4.69) is 15.5 Å². The van der Waals surface area contributed by atoms with Crippen molar-refractivity contribution in [1.82, 2.24) is 20.4 Å². The van der Waals surface area contributed by atoms with Crippen molar-refractivity contribution < 1.29 is 13.9 Å². The fourth-order valence-corrected chi connectivity index (χ4v) is 3.37. The zero-order chi connectivity index (χ0) is 17.8. The van der Waals surface area contributed by atoms with Gasteiger partial charge in [0.25, 0.3) is 0 Å². The Bertz CT molecular complexity index is 720. The Morgan fingerprint density at radius 2 is 2.32 bits per heavy atom. The second kappa shape index (κ2) is 7.55. The molecule has 2 atom stereocenters. The number of carbonyl (C=O) groups excluding carboxylic acids is 1. The minimum atomic E-state index is -0.490. The van der Waals surface area contributed by atoms with Crippen molar-refractivity contribution in [2.75, 3.05) is 20.2 Å². The van der Waals surface area contributed by atoms with Gasteiger partial charge in [-0.1, -0.05) is 6.07 Å². The molecule has 0 aliphatic carbocycles. The Hall–Kier alpha value is -2.57. The Labute approximate surface area is 146 Å².